The standard InChI is InChI=1S/C10H18N4O7S/c1-6(11)5-20-10(8(12)15)3-2-7-4-13(10)9(16)14(7)21-22(17,18)19/h6-7H,2-5,11H2,1H3,(H2,12,15)(H,17,18,19)/t6-,7?,10?/m1/s1. The van der Waals surface area contributed by atoms with Crippen molar-refractivity contribution in [3.8, 4) is 0 Å². The first-order valence-electron chi connectivity index (χ1n) is 6.54. The number of carbonyl (C=O) groups excluding carboxylic acids is 2. The number of ether oxygens (including phenoxy) is 1. The lowest BCUT2D eigenvalue weighted by molar-refractivity contribution is -0.174. The predicted molar refractivity (Wildman–Crippen MR) is 71.1 cm³/mol. The summed E-state index contributed by atoms with van der Waals surface area (Å²) in [6.45, 7) is 1.62. The van der Waals surface area contributed by atoms with Crippen molar-refractivity contribution in [2.75, 3.05) is 13.2 Å². The molecule has 2 saturated heterocycles. The Morgan fingerprint density at radius 1 is 1.59 bits per heavy atom. The summed E-state index contributed by atoms with van der Waals surface area (Å²) in [5, 5.41) is 0.509. The van der Waals surface area contributed by atoms with E-state index < -0.39 is 40.1 Å². The molecule has 22 heavy (non-hydrogen) atoms. The fourth-order valence-corrected chi connectivity index (χ4v) is 2.98. The minimum atomic E-state index is -4.86. The molecule has 12 heteroatoms. The smallest absolute Gasteiger partial charge is 0.365 e. The molecule has 0 aromatic rings. The van der Waals surface area contributed by atoms with Gasteiger partial charge in [0.1, 0.15) is 0 Å². The summed E-state index contributed by atoms with van der Waals surface area (Å²) in [4.78, 5) is 25.1. The molecule has 0 radical (unpaired) electrons. The molecule has 0 aromatic carbocycles. The van der Waals surface area contributed by atoms with Gasteiger partial charge in [-0.1, -0.05) is 0 Å². The Balaban J connectivity index is 2.27. The number of hydrogen-bond donors (Lipinski definition) is 3. The summed E-state index contributed by atoms with van der Waals surface area (Å²) < 4.78 is 40.1. The molecule has 3 atom stereocenters. The molecule has 0 aromatic heterocycles. The van der Waals surface area contributed by atoms with Crippen molar-refractivity contribution in [2.24, 2.45) is 11.5 Å². The van der Waals surface area contributed by atoms with Gasteiger partial charge in [-0.2, -0.15) is 13.5 Å². The highest BCUT2D eigenvalue weighted by Gasteiger charge is 2.58. The van der Waals surface area contributed by atoms with Gasteiger partial charge < -0.3 is 16.2 Å². The highest BCUT2D eigenvalue weighted by molar-refractivity contribution is 7.80. The molecule has 5 N–H and O–H groups in total. The molecular weight excluding hydrogens is 320 g/mol. The number of hydroxylamine groups is 2. The van der Waals surface area contributed by atoms with Crippen molar-refractivity contribution in [2.45, 2.75) is 37.6 Å². The van der Waals surface area contributed by atoms with Crippen molar-refractivity contribution in [3.63, 3.8) is 0 Å². The summed E-state index contributed by atoms with van der Waals surface area (Å²) in [5.41, 5.74) is 9.26. The lowest BCUT2D eigenvalue weighted by Gasteiger charge is -2.40. The summed E-state index contributed by atoms with van der Waals surface area (Å²) in [7, 11) is -4.86. The number of piperidine rings is 1. The zero-order chi connectivity index (χ0) is 16.7. The Bertz CT molecular complexity index is 580. The monoisotopic (exact) mass is 338 g/mol. The zero-order valence-corrected chi connectivity index (χ0v) is 12.7. The third kappa shape index (κ3) is 3.01. The second-order valence-electron chi connectivity index (χ2n) is 5.35. The van der Waals surface area contributed by atoms with Crippen LogP contribution < -0.4 is 11.5 Å². The molecular formula is C10H18N4O7S. The quantitative estimate of drug-likeness (QED) is 0.475. The fraction of sp³-hybridized carbons (Fsp3) is 0.800. The highest BCUT2D eigenvalue weighted by Crippen LogP contribution is 2.38. The molecule has 126 valence electrons. The maximum absolute atomic E-state index is 12.3. The lowest BCUT2D eigenvalue weighted by atomic mass is 9.96. The number of carbonyl (C=O) groups is 2. The van der Waals surface area contributed by atoms with Crippen LogP contribution in [0, 0.1) is 0 Å². The van der Waals surface area contributed by atoms with Gasteiger partial charge >= 0.3 is 16.4 Å². The highest BCUT2D eigenvalue weighted by atomic mass is 32.3. The third-order valence-corrected chi connectivity index (χ3v) is 3.89. The lowest BCUT2D eigenvalue weighted by Crippen LogP contribution is -2.62. The Labute approximate surface area is 127 Å². The van der Waals surface area contributed by atoms with Gasteiger partial charge in [0.25, 0.3) is 5.91 Å². The molecule has 2 fully saturated rings. The second kappa shape index (κ2) is 5.62. The average molecular weight is 338 g/mol. The van der Waals surface area contributed by atoms with Gasteiger partial charge in [0, 0.05) is 19.0 Å². The van der Waals surface area contributed by atoms with E-state index in [1.54, 1.807) is 6.92 Å². The van der Waals surface area contributed by atoms with E-state index in [1.807, 2.05) is 0 Å². The Morgan fingerprint density at radius 3 is 2.73 bits per heavy atom. The Morgan fingerprint density at radius 2 is 2.23 bits per heavy atom. The van der Waals surface area contributed by atoms with Gasteiger partial charge in [0.2, 0.25) is 5.72 Å². The number of amides is 3. The fourth-order valence-electron chi connectivity index (χ4n) is 2.59. The molecule has 2 unspecified atom stereocenters. The van der Waals surface area contributed by atoms with Crippen molar-refractivity contribution >= 4 is 22.3 Å². The Kier molecular flexibility index (Phi) is 4.32. The zero-order valence-electron chi connectivity index (χ0n) is 11.8. The maximum Gasteiger partial charge on any atom is 0.418 e. The molecule has 0 saturated carbocycles. The number of urea groups is 1. The van der Waals surface area contributed by atoms with E-state index in [2.05, 4.69) is 4.28 Å². The van der Waals surface area contributed by atoms with Crippen molar-refractivity contribution in [1.29, 1.82) is 0 Å². The summed E-state index contributed by atoms with van der Waals surface area (Å²) in [6, 6.07) is -1.96. The van der Waals surface area contributed by atoms with Gasteiger partial charge in [-0.15, -0.1) is 4.28 Å². The van der Waals surface area contributed by atoms with E-state index in [0.717, 1.165) is 4.90 Å². The number of nitrogens with zero attached hydrogens (tertiary/aromatic N) is 2. The number of fused-ring (bicyclic) bond motifs is 2. The van der Waals surface area contributed by atoms with Crippen LogP contribution in [0.4, 0.5) is 4.79 Å². The van der Waals surface area contributed by atoms with E-state index in [-0.39, 0.29) is 26.0 Å². The first-order chi connectivity index (χ1) is 10.1. The van der Waals surface area contributed by atoms with Crippen molar-refractivity contribution in [1.82, 2.24) is 9.96 Å². The van der Waals surface area contributed by atoms with E-state index in [4.69, 9.17) is 20.8 Å². The second-order valence-corrected chi connectivity index (χ2v) is 6.36. The van der Waals surface area contributed by atoms with Gasteiger partial charge in [0.15, 0.2) is 0 Å². The summed E-state index contributed by atoms with van der Waals surface area (Å²) in [5.74, 6) is -0.881. The normalized spacial score (nSPS) is 29.8. The molecule has 2 aliphatic rings. The van der Waals surface area contributed by atoms with Crippen molar-refractivity contribution < 1.29 is 31.6 Å². The minimum absolute atomic E-state index is 0.0173. The van der Waals surface area contributed by atoms with Gasteiger partial charge in [-0.3, -0.25) is 14.2 Å². The largest absolute Gasteiger partial charge is 0.418 e. The summed E-state index contributed by atoms with van der Waals surface area (Å²) >= 11 is 0. The molecule has 0 spiro atoms. The van der Waals surface area contributed by atoms with Crippen LogP contribution in [0.15, 0.2) is 0 Å². The van der Waals surface area contributed by atoms with Crippen LogP contribution in [0.2, 0.25) is 0 Å². The summed E-state index contributed by atoms with van der Waals surface area (Å²) in [6.07, 6.45) is 0.274. The van der Waals surface area contributed by atoms with E-state index in [0.29, 0.717) is 5.06 Å². The van der Waals surface area contributed by atoms with Gasteiger partial charge in [-0.25, -0.2) is 4.79 Å². The van der Waals surface area contributed by atoms with Crippen LogP contribution >= 0.6 is 0 Å². The molecule has 2 bridgehead atoms. The third-order valence-electron chi connectivity index (χ3n) is 3.54. The van der Waals surface area contributed by atoms with Gasteiger partial charge in [-0.05, 0) is 13.3 Å². The van der Waals surface area contributed by atoms with Crippen LogP contribution in [-0.4, -0.2) is 65.8 Å². The maximum atomic E-state index is 12.3. The van der Waals surface area contributed by atoms with E-state index >= 15 is 0 Å². The van der Waals surface area contributed by atoms with Crippen LogP contribution in [0.25, 0.3) is 0 Å². The van der Waals surface area contributed by atoms with E-state index in [1.165, 1.54) is 0 Å². The number of hydrogen-bond acceptors (Lipinski definition) is 7. The average Bonchev–Trinajstić information content (AvgIpc) is 2.63. The molecule has 2 heterocycles. The number of rotatable bonds is 6. The number of primary amides is 1. The first-order valence-corrected chi connectivity index (χ1v) is 7.90. The molecule has 2 rings (SSSR count). The van der Waals surface area contributed by atoms with Crippen LogP contribution in [0.3, 0.4) is 0 Å². The van der Waals surface area contributed by atoms with E-state index in [9.17, 15) is 18.0 Å². The van der Waals surface area contributed by atoms with Crippen LogP contribution in [0.5, 0.6) is 0 Å². The van der Waals surface area contributed by atoms with Crippen molar-refractivity contribution in [3.05, 3.63) is 0 Å². The Hall–Kier alpha value is -1.47. The molecule has 3 amide bonds. The first kappa shape index (κ1) is 16.9. The van der Waals surface area contributed by atoms with Crippen LogP contribution in [-0.2, 0) is 24.2 Å². The topological polar surface area (TPSA) is 165 Å². The molecule has 11 nitrogen and oxygen atoms in total. The van der Waals surface area contributed by atoms with Gasteiger partial charge in [0.05, 0.1) is 12.6 Å². The number of nitrogens with two attached hydrogens (primary N) is 2. The SMILES string of the molecule is C[C@@H](N)COC1(C(N)=O)CCC2CN1C(=O)N2OS(=O)(=O)O. The van der Waals surface area contributed by atoms with Crippen LogP contribution in [0.1, 0.15) is 19.8 Å². The minimum Gasteiger partial charge on any atom is -0.365 e. The predicted octanol–water partition coefficient (Wildman–Crippen LogP) is -1.83. The molecule has 2 aliphatic heterocycles. The molecule has 0 aliphatic carbocycles.